The van der Waals surface area contributed by atoms with Crippen LogP contribution < -0.4 is 4.74 Å². The van der Waals surface area contributed by atoms with Gasteiger partial charge in [-0.2, -0.15) is 11.8 Å². The van der Waals surface area contributed by atoms with Gasteiger partial charge in [0.05, 0.1) is 6.61 Å². The van der Waals surface area contributed by atoms with Crippen LogP contribution in [0.1, 0.15) is 5.56 Å². The smallest absolute Gasteiger partial charge is 0.125 e. The number of thioether (sulfide) groups is 1. The van der Waals surface area contributed by atoms with Gasteiger partial charge in [-0.1, -0.05) is 6.07 Å². The summed E-state index contributed by atoms with van der Waals surface area (Å²) in [6, 6.07) is 5.32. The lowest BCUT2D eigenvalue weighted by molar-refractivity contribution is 0.338. The van der Waals surface area contributed by atoms with Crippen molar-refractivity contribution in [3.8, 4) is 11.5 Å². The third kappa shape index (κ3) is 2.84. The molecule has 0 saturated carbocycles. The van der Waals surface area contributed by atoms with Gasteiger partial charge in [-0.15, -0.1) is 0 Å². The van der Waals surface area contributed by atoms with Gasteiger partial charge >= 0.3 is 0 Å². The second kappa shape index (κ2) is 5.02. The molecule has 13 heavy (non-hydrogen) atoms. The predicted molar refractivity (Wildman–Crippen MR) is 56.7 cm³/mol. The standard InChI is InChI=1S/C10H14O2S/c1-8-9(11)4-3-5-10(8)12-6-7-13-2/h3-5,11H,6-7H2,1-2H3. The summed E-state index contributed by atoms with van der Waals surface area (Å²) in [6.07, 6.45) is 2.04. The maximum atomic E-state index is 9.37. The van der Waals surface area contributed by atoms with Crippen molar-refractivity contribution in [1.82, 2.24) is 0 Å². The summed E-state index contributed by atoms with van der Waals surface area (Å²) in [6.45, 7) is 2.54. The summed E-state index contributed by atoms with van der Waals surface area (Å²) in [5.41, 5.74) is 0.809. The van der Waals surface area contributed by atoms with E-state index >= 15 is 0 Å². The highest BCUT2D eigenvalue weighted by Crippen LogP contribution is 2.25. The summed E-state index contributed by atoms with van der Waals surface area (Å²) in [7, 11) is 0. The fraction of sp³-hybridized carbons (Fsp3) is 0.400. The van der Waals surface area contributed by atoms with Gasteiger partial charge in [0.25, 0.3) is 0 Å². The van der Waals surface area contributed by atoms with Crippen LogP contribution in [0, 0.1) is 6.92 Å². The van der Waals surface area contributed by atoms with E-state index < -0.39 is 0 Å². The molecule has 0 amide bonds. The Bertz CT molecular complexity index is 274. The van der Waals surface area contributed by atoms with Crippen LogP contribution in [0.3, 0.4) is 0 Å². The van der Waals surface area contributed by atoms with Crippen molar-refractivity contribution in [2.75, 3.05) is 18.6 Å². The van der Waals surface area contributed by atoms with E-state index in [0.29, 0.717) is 12.4 Å². The Morgan fingerprint density at radius 3 is 2.92 bits per heavy atom. The van der Waals surface area contributed by atoms with Gasteiger partial charge in [-0.3, -0.25) is 0 Å². The minimum atomic E-state index is 0.293. The number of benzene rings is 1. The molecule has 0 saturated heterocycles. The highest BCUT2D eigenvalue weighted by atomic mass is 32.2. The van der Waals surface area contributed by atoms with Gasteiger partial charge < -0.3 is 9.84 Å². The predicted octanol–water partition coefficient (Wildman–Crippen LogP) is 2.44. The first-order valence-corrected chi connectivity index (χ1v) is 5.55. The second-order valence-corrected chi connectivity index (χ2v) is 3.73. The van der Waals surface area contributed by atoms with E-state index in [0.717, 1.165) is 17.1 Å². The van der Waals surface area contributed by atoms with Crippen molar-refractivity contribution < 1.29 is 9.84 Å². The number of ether oxygens (including phenoxy) is 1. The summed E-state index contributed by atoms with van der Waals surface area (Å²) in [5.74, 6) is 2.03. The molecule has 0 unspecified atom stereocenters. The van der Waals surface area contributed by atoms with Gasteiger partial charge in [0.1, 0.15) is 11.5 Å². The number of aromatic hydroxyl groups is 1. The molecule has 0 bridgehead atoms. The minimum Gasteiger partial charge on any atom is -0.508 e. The largest absolute Gasteiger partial charge is 0.508 e. The molecular formula is C10H14O2S. The molecular weight excluding hydrogens is 184 g/mol. The molecule has 0 aromatic heterocycles. The Morgan fingerprint density at radius 1 is 1.46 bits per heavy atom. The van der Waals surface area contributed by atoms with Crippen molar-refractivity contribution in [3.05, 3.63) is 23.8 Å². The summed E-state index contributed by atoms with van der Waals surface area (Å²) in [5, 5.41) is 9.37. The van der Waals surface area contributed by atoms with E-state index in [1.54, 1.807) is 23.9 Å². The molecule has 0 fully saturated rings. The van der Waals surface area contributed by atoms with Crippen LogP contribution in [-0.2, 0) is 0 Å². The minimum absolute atomic E-state index is 0.293. The fourth-order valence-corrected chi connectivity index (χ4v) is 1.24. The molecule has 72 valence electrons. The first-order chi connectivity index (χ1) is 6.25. The molecule has 1 rings (SSSR count). The SMILES string of the molecule is CSCCOc1cccc(O)c1C. The van der Waals surface area contributed by atoms with E-state index in [1.165, 1.54) is 0 Å². The Balaban J connectivity index is 2.61. The molecule has 1 N–H and O–H groups in total. The molecule has 0 aliphatic carbocycles. The topological polar surface area (TPSA) is 29.5 Å². The van der Waals surface area contributed by atoms with E-state index in [-0.39, 0.29) is 0 Å². The Labute approximate surface area is 82.9 Å². The van der Waals surface area contributed by atoms with Crippen molar-refractivity contribution in [2.45, 2.75) is 6.92 Å². The van der Waals surface area contributed by atoms with Crippen LogP contribution in [0.25, 0.3) is 0 Å². The number of rotatable bonds is 4. The van der Waals surface area contributed by atoms with Crippen molar-refractivity contribution in [1.29, 1.82) is 0 Å². The van der Waals surface area contributed by atoms with Crippen LogP contribution in [0.4, 0.5) is 0 Å². The van der Waals surface area contributed by atoms with E-state index in [4.69, 9.17) is 4.74 Å². The van der Waals surface area contributed by atoms with Gasteiger partial charge in [-0.05, 0) is 25.3 Å². The fourth-order valence-electron chi connectivity index (χ4n) is 0.994. The highest BCUT2D eigenvalue weighted by molar-refractivity contribution is 7.98. The zero-order valence-electron chi connectivity index (χ0n) is 7.91. The van der Waals surface area contributed by atoms with E-state index in [1.807, 2.05) is 19.2 Å². The normalized spacial score (nSPS) is 10.0. The van der Waals surface area contributed by atoms with Crippen LogP contribution in [0.15, 0.2) is 18.2 Å². The van der Waals surface area contributed by atoms with E-state index in [2.05, 4.69) is 0 Å². The first kappa shape index (κ1) is 10.3. The lowest BCUT2D eigenvalue weighted by Gasteiger charge is -2.08. The Morgan fingerprint density at radius 2 is 2.23 bits per heavy atom. The monoisotopic (exact) mass is 198 g/mol. The molecule has 0 atom stereocenters. The number of hydrogen-bond acceptors (Lipinski definition) is 3. The maximum absolute atomic E-state index is 9.37. The second-order valence-electron chi connectivity index (χ2n) is 2.74. The number of phenols is 1. The van der Waals surface area contributed by atoms with E-state index in [9.17, 15) is 5.11 Å². The summed E-state index contributed by atoms with van der Waals surface area (Å²) in [4.78, 5) is 0. The summed E-state index contributed by atoms with van der Waals surface area (Å²) >= 11 is 1.74. The van der Waals surface area contributed by atoms with Crippen LogP contribution in [0.5, 0.6) is 11.5 Å². The number of hydrogen-bond donors (Lipinski definition) is 1. The summed E-state index contributed by atoms with van der Waals surface area (Å²) < 4.78 is 5.48. The lowest BCUT2D eigenvalue weighted by atomic mass is 10.2. The molecule has 1 aromatic carbocycles. The molecule has 0 aliphatic heterocycles. The van der Waals surface area contributed by atoms with Crippen LogP contribution in [0.2, 0.25) is 0 Å². The molecule has 3 heteroatoms. The Kier molecular flexibility index (Phi) is 3.96. The van der Waals surface area contributed by atoms with Crippen molar-refractivity contribution in [3.63, 3.8) is 0 Å². The molecule has 0 radical (unpaired) electrons. The zero-order chi connectivity index (χ0) is 9.68. The quantitative estimate of drug-likeness (QED) is 0.753. The van der Waals surface area contributed by atoms with Crippen molar-refractivity contribution >= 4 is 11.8 Å². The molecule has 2 nitrogen and oxygen atoms in total. The van der Waals surface area contributed by atoms with Gasteiger partial charge in [-0.25, -0.2) is 0 Å². The average Bonchev–Trinajstić information content (AvgIpc) is 2.13. The third-order valence-electron chi connectivity index (χ3n) is 1.80. The van der Waals surface area contributed by atoms with Crippen LogP contribution >= 0.6 is 11.8 Å². The maximum Gasteiger partial charge on any atom is 0.125 e. The molecule has 0 aliphatic rings. The van der Waals surface area contributed by atoms with Gasteiger partial charge in [0, 0.05) is 11.3 Å². The van der Waals surface area contributed by atoms with Crippen LogP contribution in [-0.4, -0.2) is 23.7 Å². The molecule has 0 heterocycles. The zero-order valence-corrected chi connectivity index (χ0v) is 8.73. The third-order valence-corrected chi connectivity index (χ3v) is 2.38. The average molecular weight is 198 g/mol. The molecule has 0 spiro atoms. The highest BCUT2D eigenvalue weighted by Gasteiger charge is 2.02. The van der Waals surface area contributed by atoms with Gasteiger partial charge in [0.2, 0.25) is 0 Å². The number of phenolic OH excluding ortho intramolecular Hbond substituents is 1. The Hall–Kier alpha value is -0.830. The lowest BCUT2D eigenvalue weighted by Crippen LogP contribution is -2.00. The first-order valence-electron chi connectivity index (χ1n) is 4.16. The van der Waals surface area contributed by atoms with Gasteiger partial charge in [0.15, 0.2) is 0 Å². The molecule has 1 aromatic rings. The van der Waals surface area contributed by atoms with Crippen molar-refractivity contribution in [2.24, 2.45) is 0 Å².